The van der Waals surface area contributed by atoms with E-state index in [1.165, 1.54) is 11.8 Å². The van der Waals surface area contributed by atoms with Crippen molar-refractivity contribution in [3.05, 3.63) is 70.6 Å². The highest BCUT2D eigenvalue weighted by atomic mass is 32.1. The minimum atomic E-state index is -0.531. The Kier molecular flexibility index (Phi) is 7.68. The van der Waals surface area contributed by atoms with Crippen molar-refractivity contribution in [2.75, 3.05) is 74.8 Å². The second-order valence-electron chi connectivity index (χ2n) is 9.63. The van der Waals surface area contributed by atoms with Gasteiger partial charge in [-0.25, -0.2) is 4.79 Å². The van der Waals surface area contributed by atoms with Crippen LogP contribution in [-0.2, 0) is 14.2 Å². The lowest BCUT2D eigenvalue weighted by atomic mass is 10.1. The molecule has 6 rings (SSSR count). The number of fused-ring (bicyclic) bond motifs is 1. The number of methoxy groups -OCH3 is 1. The third kappa shape index (κ3) is 5.53. The van der Waals surface area contributed by atoms with Crippen molar-refractivity contribution in [3.63, 3.8) is 0 Å². The Labute approximate surface area is 240 Å². The Morgan fingerprint density at radius 3 is 1.90 bits per heavy atom. The number of hydrogen-bond donors (Lipinski definition) is 1. The maximum absolute atomic E-state index is 13.6. The van der Waals surface area contributed by atoms with E-state index in [9.17, 15) is 14.4 Å². The van der Waals surface area contributed by atoms with E-state index in [4.69, 9.17) is 14.2 Å². The zero-order valence-corrected chi connectivity index (χ0v) is 23.3. The summed E-state index contributed by atoms with van der Waals surface area (Å²) in [6.45, 7) is 5.85. The van der Waals surface area contributed by atoms with Gasteiger partial charge in [0.15, 0.2) is 5.82 Å². The standard InChI is InChI=1S/C29H29N5O6S/c1-38-29(37)24-18-23-25(41-24)26(30-27(35)19-2-6-21(7-3-19)32-10-14-39-15-11-32)31-34(23)28(36)20-4-8-22(9-5-20)33-12-16-40-17-13-33/h2-9,18H,10-17H2,1H3,(H,30,31,35). The van der Waals surface area contributed by atoms with E-state index in [0.29, 0.717) is 52.6 Å². The number of carbonyl (C=O) groups excluding carboxylic acids is 3. The molecule has 4 aromatic rings. The number of aromatic nitrogens is 2. The number of thiophene rings is 1. The second kappa shape index (κ2) is 11.7. The second-order valence-corrected chi connectivity index (χ2v) is 10.7. The maximum Gasteiger partial charge on any atom is 0.348 e. The lowest BCUT2D eigenvalue weighted by Crippen LogP contribution is -2.36. The zero-order chi connectivity index (χ0) is 28.3. The molecule has 1 N–H and O–H groups in total. The summed E-state index contributed by atoms with van der Waals surface area (Å²) in [5.41, 5.74) is 3.30. The Hall–Kier alpha value is -4.26. The van der Waals surface area contributed by atoms with E-state index in [0.717, 1.165) is 48.9 Å². The molecule has 4 heterocycles. The first-order valence-corrected chi connectivity index (χ1v) is 14.2. The van der Waals surface area contributed by atoms with Crippen molar-refractivity contribution in [2.45, 2.75) is 0 Å². The molecule has 0 atom stereocenters. The highest BCUT2D eigenvalue weighted by molar-refractivity contribution is 7.21. The van der Waals surface area contributed by atoms with Crippen LogP contribution in [0.3, 0.4) is 0 Å². The van der Waals surface area contributed by atoms with Gasteiger partial charge in [-0.1, -0.05) is 0 Å². The van der Waals surface area contributed by atoms with Gasteiger partial charge in [-0.3, -0.25) is 9.59 Å². The van der Waals surface area contributed by atoms with E-state index in [-0.39, 0.29) is 17.6 Å². The first-order chi connectivity index (χ1) is 20.0. The number of nitrogens with one attached hydrogen (secondary N) is 1. The summed E-state index contributed by atoms with van der Waals surface area (Å²) in [5, 5.41) is 7.30. The van der Waals surface area contributed by atoms with Crippen molar-refractivity contribution < 1.29 is 28.6 Å². The van der Waals surface area contributed by atoms with Crippen LogP contribution in [0.4, 0.5) is 17.2 Å². The van der Waals surface area contributed by atoms with Gasteiger partial charge in [0.25, 0.3) is 11.8 Å². The summed E-state index contributed by atoms with van der Waals surface area (Å²) in [7, 11) is 1.30. The Morgan fingerprint density at radius 2 is 1.37 bits per heavy atom. The monoisotopic (exact) mass is 575 g/mol. The predicted octanol–water partition coefficient (Wildman–Crippen LogP) is 3.50. The summed E-state index contributed by atoms with van der Waals surface area (Å²) in [6, 6.07) is 16.2. The van der Waals surface area contributed by atoms with Crippen LogP contribution in [-0.4, -0.2) is 87.3 Å². The van der Waals surface area contributed by atoms with E-state index in [1.807, 2.05) is 24.3 Å². The normalized spacial score (nSPS) is 15.6. The number of amides is 1. The average Bonchev–Trinajstić information content (AvgIpc) is 3.62. The van der Waals surface area contributed by atoms with Gasteiger partial charge in [-0.2, -0.15) is 4.68 Å². The van der Waals surface area contributed by atoms with Gasteiger partial charge in [0, 0.05) is 48.7 Å². The number of ether oxygens (including phenoxy) is 3. The average molecular weight is 576 g/mol. The van der Waals surface area contributed by atoms with Gasteiger partial charge in [0.2, 0.25) is 0 Å². The quantitative estimate of drug-likeness (QED) is 0.345. The molecular weight excluding hydrogens is 546 g/mol. The molecule has 2 fully saturated rings. The van der Waals surface area contributed by atoms with Crippen molar-refractivity contribution in [3.8, 4) is 0 Å². The molecule has 2 aliphatic rings. The largest absolute Gasteiger partial charge is 0.465 e. The molecule has 2 saturated heterocycles. The van der Waals surface area contributed by atoms with Crippen LogP contribution in [0.25, 0.3) is 10.2 Å². The fourth-order valence-electron chi connectivity index (χ4n) is 4.93. The Bertz CT molecular complexity index is 1570. The molecule has 0 saturated carbocycles. The first-order valence-electron chi connectivity index (χ1n) is 13.3. The number of benzene rings is 2. The van der Waals surface area contributed by atoms with Crippen LogP contribution in [0.15, 0.2) is 54.6 Å². The van der Waals surface area contributed by atoms with Crippen molar-refractivity contribution >= 4 is 56.5 Å². The summed E-state index contributed by atoms with van der Waals surface area (Å²) < 4.78 is 17.4. The molecule has 11 nitrogen and oxygen atoms in total. The molecule has 0 spiro atoms. The summed E-state index contributed by atoms with van der Waals surface area (Å²) >= 11 is 1.11. The molecule has 2 aromatic carbocycles. The van der Waals surface area contributed by atoms with Crippen LogP contribution >= 0.6 is 11.3 Å². The van der Waals surface area contributed by atoms with E-state index in [2.05, 4.69) is 20.2 Å². The molecular formula is C29H29N5O6S. The molecule has 41 heavy (non-hydrogen) atoms. The number of hydrogen-bond acceptors (Lipinski definition) is 10. The minimum absolute atomic E-state index is 0.195. The molecule has 2 aromatic heterocycles. The van der Waals surface area contributed by atoms with E-state index in [1.54, 1.807) is 30.3 Å². The number of morpholine rings is 2. The lowest BCUT2D eigenvalue weighted by Gasteiger charge is -2.28. The third-order valence-corrected chi connectivity index (χ3v) is 8.27. The fourth-order valence-corrected chi connectivity index (χ4v) is 5.92. The molecule has 0 unspecified atom stereocenters. The first kappa shape index (κ1) is 26.9. The maximum atomic E-state index is 13.6. The smallest absolute Gasteiger partial charge is 0.348 e. The molecule has 212 valence electrons. The molecule has 1 amide bonds. The van der Waals surface area contributed by atoms with Gasteiger partial charge < -0.3 is 29.3 Å². The molecule has 2 aliphatic heterocycles. The Morgan fingerprint density at radius 1 is 0.829 bits per heavy atom. The highest BCUT2D eigenvalue weighted by Crippen LogP contribution is 2.33. The molecule has 12 heteroatoms. The summed E-state index contributed by atoms with van der Waals surface area (Å²) in [6.07, 6.45) is 0. The van der Waals surface area contributed by atoms with Crippen molar-refractivity contribution in [1.82, 2.24) is 9.78 Å². The number of rotatable bonds is 6. The van der Waals surface area contributed by atoms with Crippen LogP contribution in [0.2, 0.25) is 0 Å². The van der Waals surface area contributed by atoms with Gasteiger partial charge in [-0.05, 0) is 54.6 Å². The number of nitrogens with zero attached hydrogens (tertiary/aromatic N) is 4. The summed E-state index contributed by atoms with van der Waals surface area (Å²) in [4.78, 5) is 43.8. The van der Waals surface area contributed by atoms with Gasteiger partial charge >= 0.3 is 5.97 Å². The van der Waals surface area contributed by atoms with Crippen molar-refractivity contribution in [2.24, 2.45) is 0 Å². The molecule has 0 radical (unpaired) electrons. The topological polar surface area (TPSA) is 115 Å². The summed E-state index contributed by atoms with van der Waals surface area (Å²) in [5.74, 6) is -1.09. The molecule has 0 bridgehead atoms. The number of esters is 1. The number of anilines is 3. The fraction of sp³-hybridized carbons (Fsp3) is 0.310. The van der Waals surface area contributed by atoms with Crippen LogP contribution in [0.1, 0.15) is 30.4 Å². The van der Waals surface area contributed by atoms with Crippen LogP contribution < -0.4 is 15.1 Å². The SMILES string of the molecule is COC(=O)c1cc2c(s1)c(NC(=O)c1ccc(N3CCOCC3)cc1)nn2C(=O)c1ccc(N2CCOCC2)cc1. The van der Waals surface area contributed by atoms with E-state index >= 15 is 0 Å². The Balaban J connectivity index is 1.26. The minimum Gasteiger partial charge on any atom is -0.465 e. The highest BCUT2D eigenvalue weighted by Gasteiger charge is 2.24. The van der Waals surface area contributed by atoms with Gasteiger partial charge in [0.1, 0.15) is 4.88 Å². The number of carbonyl (C=O) groups is 3. The lowest BCUT2D eigenvalue weighted by molar-refractivity contribution is 0.0606. The zero-order valence-electron chi connectivity index (χ0n) is 22.5. The third-order valence-electron chi connectivity index (χ3n) is 7.16. The predicted molar refractivity (Wildman–Crippen MR) is 156 cm³/mol. The molecule has 0 aliphatic carbocycles. The van der Waals surface area contributed by atoms with Crippen molar-refractivity contribution in [1.29, 1.82) is 0 Å². The van der Waals surface area contributed by atoms with Gasteiger partial charge in [0.05, 0.1) is 43.8 Å². The van der Waals surface area contributed by atoms with Gasteiger partial charge in [-0.15, -0.1) is 16.4 Å². The van der Waals surface area contributed by atoms with E-state index < -0.39 is 5.97 Å². The van der Waals surface area contributed by atoms with Crippen LogP contribution in [0, 0.1) is 0 Å². The van der Waals surface area contributed by atoms with Crippen LogP contribution in [0.5, 0.6) is 0 Å².